The van der Waals surface area contributed by atoms with E-state index in [1.807, 2.05) is 12.1 Å². The molecule has 0 spiro atoms. The van der Waals surface area contributed by atoms with Crippen molar-refractivity contribution in [1.82, 2.24) is 20.1 Å². The number of hydrogen-bond donors (Lipinski definition) is 1. The van der Waals surface area contributed by atoms with Crippen LogP contribution in [-0.2, 0) is 0 Å². The van der Waals surface area contributed by atoms with Gasteiger partial charge in [-0.1, -0.05) is 12.2 Å². The molecule has 0 bridgehead atoms. The molecule has 2 saturated heterocycles. The number of pyridine rings is 1. The molecule has 2 atom stereocenters. The first-order chi connectivity index (χ1) is 16.6. The third-order valence-corrected chi connectivity index (χ3v) is 7.18. The molecule has 0 amide bonds. The van der Waals surface area contributed by atoms with Crippen molar-refractivity contribution in [1.29, 1.82) is 5.26 Å². The number of rotatable bonds is 4. The van der Waals surface area contributed by atoms with Gasteiger partial charge >= 0.3 is 0 Å². The zero-order chi connectivity index (χ0) is 23.5. The highest BCUT2D eigenvalue weighted by atomic mass is 15.3. The first-order valence-electron chi connectivity index (χ1n) is 12.3. The van der Waals surface area contributed by atoms with E-state index in [4.69, 9.17) is 4.99 Å². The van der Waals surface area contributed by atoms with Gasteiger partial charge in [0.25, 0.3) is 0 Å². The van der Waals surface area contributed by atoms with Crippen molar-refractivity contribution < 1.29 is 0 Å². The Bertz CT molecular complexity index is 1160. The van der Waals surface area contributed by atoms with Crippen molar-refractivity contribution >= 4 is 22.8 Å². The average Bonchev–Trinajstić information content (AvgIpc) is 3.11. The van der Waals surface area contributed by atoms with Crippen LogP contribution >= 0.6 is 0 Å². The van der Waals surface area contributed by atoms with Crippen molar-refractivity contribution in [3.8, 4) is 6.07 Å². The fraction of sp³-hybridized carbons (Fsp3) is 0.444. The standard InChI is InChI=1S/C27H33N7/c1-20-17-33(26-9-8-22(15-28)27-25(26)7-4-10-30-27)18-21(2)34(20)19-23-5-3-6-24(16-31-23)32-13-11-29-12-14-32/h4-10,16,20-21,29H,3,11-14,17-19H2,1-2H3/t20-,21+. The lowest BCUT2D eigenvalue weighted by molar-refractivity contribution is 0.145. The molecule has 3 aliphatic rings. The van der Waals surface area contributed by atoms with Gasteiger partial charge in [-0.15, -0.1) is 0 Å². The molecule has 0 aliphatic carbocycles. The Hall–Kier alpha value is -3.21. The van der Waals surface area contributed by atoms with Gasteiger partial charge in [0.05, 0.1) is 28.7 Å². The normalized spacial score (nSPS) is 23.9. The summed E-state index contributed by atoms with van der Waals surface area (Å²) in [4.78, 5) is 16.8. The number of hydrogen-bond acceptors (Lipinski definition) is 7. The highest BCUT2D eigenvalue weighted by Gasteiger charge is 2.31. The van der Waals surface area contributed by atoms with Crippen LogP contribution in [0, 0.1) is 11.3 Å². The molecular weight excluding hydrogens is 422 g/mol. The summed E-state index contributed by atoms with van der Waals surface area (Å²) >= 11 is 0. The van der Waals surface area contributed by atoms with E-state index in [0.29, 0.717) is 17.6 Å². The van der Waals surface area contributed by atoms with E-state index in [0.717, 1.165) is 74.5 Å². The third kappa shape index (κ3) is 4.56. The Morgan fingerprint density at radius 2 is 1.85 bits per heavy atom. The number of aromatic nitrogens is 1. The summed E-state index contributed by atoms with van der Waals surface area (Å²) in [5.41, 5.74) is 4.99. The average molecular weight is 456 g/mol. The second kappa shape index (κ2) is 9.96. The summed E-state index contributed by atoms with van der Waals surface area (Å²) in [6.45, 7) is 11.5. The highest BCUT2D eigenvalue weighted by Crippen LogP contribution is 2.31. The van der Waals surface area contributed by atoms with Gasteiger partial charge in [-0.05, 0) is 44.5 Å². The summed E-state index contributed by atoms with van der Waals surface area (Å²) in [6, 6.07) is 11.1. The van der Waals surface area contributed by atoms with Gasteiger partial charge in [0, 0.05) is 75.2 Å². The lowest BCUT2D eigenvalue weighted by atomic mass is 10.0. The lowest BCUT2D eigenvalue weighted by Gasteiger charge is -2.45. The Labute approximate surface area is 202 Å². The summed E-state index contributed by atoms with van der Waals surface area (Å²) in [7, 11) is 0. The predicted molar refractivity (Wildman–Crippen MR) is 138 cm³/mol. The molecule has 2 fully saturated rings. The second-order valence-corrected chi connectivity index (χ2v) is 9.47. The molecule has 1 aromatic carbocycles. The summed E-state index contributed by atoms with van der Waals surface area (Å²) in [5.74, 6) is 0. The highest BCUT2D eigenvalue weighted by molar-refractivity contribution is 5.95. The van der Waals surface area contributed by atoms with Gasteiger partial charge in [0.2, 0.25) is 0 Å². The van der Waals surface area contributed by atoms with Crippen LogP contribution in [0.15, 0.2) is 59.0 Å². The van der Waals surface area contributed by atoms with Gasteiger partial charge in [0.15, 0.2) is 0 Å². The zero-order valence-corrected chi connectivity index (χ0v) is 20.1. The molecule has 34 heavy (non-hydrogen) atoms. The number of nitrogens with one attached hydrogen (secondary N) is 1. The van der Waals surface area contributed by atoms with Crippen LogP contribution in [0.3, 0.4) is 0 Å². The molecule has 0 saturated carbocycles. The number of benzene rings is 1. The third-order valence-electron chi connectivity index (χ3n) is 7.18. The minimum Gasteiger partial charge on any atom is -0.368 e. The molecule has 2 aromatic rings. The molecule has 0 unspecified atom stereocenters. The number of piperazine rings is 2. The topological polar surface area (TPSA) is 70.8 Å². The lowest BCUT2D eigenvalue weighted by Crippen LogP contribution is -2.57. The number of anilines is 1. The van der Waals surface area contributed by atoms with Crippen molar-refractivity contribution in [2.45, 2.75) is 32.4 Å². The largest absolute Gasteiger partial charge is 0.368 e. The van der Waals surface area contributed by atoms with Crippen LogP contribution in [-0.4, -0.2) is 78.9 Å². The van der Waals surface area contributed by atoms with E-state index in [-0.39, 0.29) is 0 Å². The summed E-state index contributed by atoms with van der Waals surface area (Å²) in [5, 5.41) is 14.0. The molecule has 1 N–H and O–H groups in total. The van der Waals surface area contributed by atoms with Crippen LogP contribution in [0.5, 0.6) is 0 Å². The quantitative estimate of drug-likeness (QED) is 0.764. The smallest absolute Gasteiger partial charge is 0.101 e. The summed E-state index contributed by atoms with van der Waals surface area (Å²) < 4.78 is 0. The Balaban J connectivity index is 1.28. The Morgan fingerprint density at radius 3 is 2.62 bits per heavy atom. The maximum atomic E-state index is 9.49. The minimum atomic E-state index is 0.381. The van der Waals surface area contributed by atoms with Crippen molar-refractivity contribution in [2.24, 2.45) is 4.99 Å². The van der Waals surface area contributed by atoms with E-state index in [9.17, 15) is 5.26 Å². The minimum absolute atomic E-state index is 0.381. The van der Waals surface area contributed by atoms with E-state index in [1.54, 1.807) is 6.20 Å². The van der Waals surface area contributed by atoms with E-state index >= 15 is 0 Å². The maximum Gasteiger partial charge on any atom is 0.101 e. The molecule has 1 aromatic heterocycles. The zero-order valence-electron chi connectivity index (χ0n) is 20.1. The van der Waals surface area contributed by atoms with Gasteiger partial charge in [-0.25, -0.2) is 0 Å². The molecule has 0 radical (unpaired) electrons. The van der Waals surface area contributed by atoms with Crippen molar-refractivity contribution in [2.75, 3.05) is 50.7 Å². The fourth-order valence-corrected chi connectivity index (χ4v) is 5.38. The Morgan fingerprint density at radius 1 is 1.06 bits per heavy atom. The molecule has 4 heterocycles. The van der Waals surface area contributed by atoms with Crippen molar-refractivity contribution in [3.05, 3.63) is 59.6 Å². The summed E-state index contributed by atoms with van der Waals surface area (Å²) in [6.07, 6.45) is 9.33. The number of nitriles is 1. The molecule has 3 aliphatic heterocycles. The van der Waals surface area contributed by atoms with E-state index < -0.39 is 0 Å². The first kappa shape index (κ1) is 22.6. The Kier molecular flexibility index (Phi) is 6.61. The molecule has 176 valence electrons. The predicted octanol–water partition coefficient (Wildman–Crippen LogP) is 3.15. The number of allylic oxidation sites excluding steroid dienone is 3. The van der Waals surface area contributed by atoms with Gasteiger partial charge < -0.3 is 15.1 Å². The van der Waals surface area contributed by atoms with Gasteiger partial charge in [0.1, 0.15) is 6.07 Å². The van der Waals surface area contributed by atoms with E-state index in [1.165, 1.54) is 5.70 Å². The number of fused-ring (bicyclic) bond motifs is 1. The van der Waals surface area contributed by atoms with E-state index in [2.05, 4.69) is 75.4 Å². The molecule has 7 heteroatoms. The van der Waals surface area contributed by atoms with Crippen LogP contribution in [0.4, 0.5) is 5.69 Å². The van der Waals surface area contributed by atoms with Crippen LogP contribution in [0.2, 0.25) is 0 Å². The van der Waals surface area contributed by atoms with Crippen LogP contribution < -0.4 is 10.2 Å². The number of aliphatic imine (C=N–C) groups is 1. The maximum absolute atomic E-state index is 9.49. The monoisotopic (exact) mass is 455 g/mol. The second-order valence-electron chi connectivity index (χ2n) is 9.47. The number of nitrogens with zero attached hydrogens (tertiary/aromatic N) is 6. The SMILES string of the molecule is C[C@@H]1CN(c2ccc(C#N)c3ncccc23)C[C@H](C)N1CC1=CCC=C(N2CCNCC2)C=N1. The molecule has 7 nitrogen and oxygen atoms in total. The molecule has 5 rings (SSSR count). The van der Waals surface area contributed by atoms with Gasteiger partial charge in [-0.3, -0.25) is 14.9 Å². The van der Waals surface area contributed by atoms with Crippen LogP contribution in [0.1, 0.15) is 25.8 Å². The molecular formula is C27H33N7. The van der Waals surface area contributed by atoms with Crippen LogP contribution in [0.25, 0.3) is 10.9 Å². The van der Waals surface area contributed by atoms with Crippen molar-refractivity contribution in [3.63, 3.8) is 0 Å². The first-order valence-corrected chi connectivity index (χ1v) is 12.3. The van der Waals surface area contributed by atoms with Gasteiger partial charge in [-0.2, -0.15) is 5.26 Å². The fourth-order valence-electron chi connectivity index (χ4n) is 5.38.